The number of nitro benzene ring substituents is 1. The smallest absolute Gasteiger partial charge is 0.341 e. The number of benzene rings is 2. The maximum Gasteiger partial charge on any atom is 0.341 e. The van der Waals surface area contributed by atoms with Crippen molar-refractivity contribution in [2.24, 2.45) is 0 Å². The van der Waals surface area contributed by atoms with Crippen LogP contribution in [0.3, 0.4) is 0 Å². The van der Waals surface area contributed by atoms with Crippen LogP contribution >= 0.6 is 11.3 Å². The molecule has 1 aromatic heterocycles. The summed E-state index contributed by atoms with van der Waals surface area (Å²) in [6, 6.07) is 14.9. The van der Waals surface area contributed by atoms with E-state index in [-0.39, 0.29) is 24.5 Å². The van der Waals surface area contributed by atoms with Gasteiger partial charge in [-0.2, -0.15) is 5.26 Å². The molecule has 2 aromatic carbocycles. The number of carbonyl (C=O) groups excluding carboxylic acids is 2. The lowest BCUT2D eigenvalue weighted by atomic mass is 9.95. The van der Waals surface area contributed by atoms with E-state index in [2.05, 4.69) is 5.32 Å². The minimum atomic E-state index is -0.602. The van der Waals surface area contributed by atoms with Crippen LogP contribution in [0, 0.1) is 21.4 Å². The lowest BCUT2D eigenvalue weighted by Gasteiger charge is -2.12. The summed E-state index contributed by atoms with van der Waals surface area (Å²) in [6.45, 7) is 2.19. The highest BCUT2D eigenvalue weighted by Gasteiger charge is 2.27. The first-order valence-corrected chi connectivity index (χ1v) is 12.9. The van der Waals surface area contributed by atoms with Gasteiger partial charge in [0.1, 0.15) is 29.0 Å². The second-order valence-electron chi connectivity index (χ2n) is 8.54. The number of carbonyl (C=O) groups is 2. The first-order valence-electron chi connectivity index (χ1n) is 12.1. The maximum atomic E-state index is 13.0. The van der Waals surface area contributed by atoms with Gasteiger partial charge in [-0.05, 0) is 79.6 Å². The Morgan fingerprint density at radius 2 is 1.84 bits per heavy atom. The molecule has 0 atom stereocenters. The molecule has 9 nitrogen and oxygen atoms in total. The molecule has 0 radical (unpaired) electrons. The largest absolute Gasteiger partial charge is 0.489 e. The van der Waals surface area contributed by atoms with Gasteiger partial charge in [0.15, 0.2) is 0 Å². The van der Waals surface area contributed by atoms with Gasteiger partial charge < -0.3 is 14.8 Å². The highest BCUT2D eigenvalue weighted by molar-refractivity contribution is 7.17. The number of anilines is 1. The Morgan fingerprint density at radius 1 is 1.13 bits per heavy atom. The Balaban J connectivity index is 1.44. The van der Waals surface area contributed by atoms with Crippen LogP contribution < -0.4 is 10.1 Å². The number of hydrogen-bond acceptors (Lipinski definition) is 8. The van der Waals surface area contributed by atoms with Crippen molar-refractivity contribution in [1.29, 1.82) is 5.26 Å². The highest BCUT2D eigenvalue weighted by Crippen LogP contribution is 2.38. The zero-order valence-corrected chi connectivity index (χ0v) is 21.5. The van der Waals surface area contributed by atoms with Crippen LogP contribution in [0.1, 0.15) is 51.7 Å². The Hall–Kier alpha value is -4.49. The van der Waals surface area contributed by atoms with E-state index in [0.717, 1.165) is 41.7 Å². The number of esters is 1. The van der Waals surface area contributed by atoms with Crippen molar-refractivity contribution >= 4 is 40.0 Å². The number of amides is 1. The van der Waals surface area contributed by atoms with E-state index in [1.165, 1.54) is 29.5 Å². The van der Waals surface area contributed by atoms with Crippen molar-refractivity contribution in [3.63, 3.8) is 0 Å². The van der Waals surface area contributed by atoms with Crippen molar-refractivity contribution in [3.05, 3.63) is 91.3 Å². The molecule has 0 unspecified atom stereocenters. The number of nitriles is 1. The summed E-state index contributed by atoms with van der Waals surface area (Å²) in [5.41, 5.74) is 2.63. The van der Waals surface area contributed by atoms with Crippen LogP contribution in [0.25, 0.3) is 6.08 Å². The summed E-state index contributed by atoms with van der Waals surface area (Å²) in [5.74, 6) is -0.504. The molecule has 0 spiro atoms. The van der Waals surface area contributed by atoms with E-state index in [9.17, 15) is 25.0 Å². The average Bonchev–Trinajstić information content (AvgIpc) is 3.29. The monoisotopic (exact) mass is 531 g/mol. The van der Waals surface area contributed by atoms with Crippen LogP contribution in [-0.2, 0) is 29.0 Å². The second kappa shape index (κ2) is 12.2. The Labute approximate surface area is 223 Å². The fourth-order valence-corrected chi connectivity index (χ4v) is 5.37. The molecule has 1 aliphatic rings. The standard InChI is InChI=1S/C28H25N3O6S/c1-2-36-28(33)25-23-5-3-4-6-24(23)38-27(25)30-26(32)20(16-29)15-18-9-13-22(14-10-18)37-17-19-7-11-21(12-8-19)31(34)35/h7-15H,2-6,17H2,1H3,(H,30,32). The van der Waals surface area contributed by atoms with E-state index in [1.54, 1.807) is 43.3 Å². The van der Waals surface area contributed by atoms with E-state index < -0.39 is 16.8 Å². The Bertz CT molecular complexity index is 1420. The van der Waals surface area contributed by atoms with Crippen LogP contribution in [-0.4, -0.2) is 23.4 Å². The van der Waals surface area contributed by atoms with Gasteiger partial charge in [0.05, 0.1) is 17.1 Å². The van der Waals surface area contributed by atoms with Gasteiger partial charge in [-0.1, -0.05) is 12.1 Å². The number of nitrogens with zero attached hydrogens (tertiary/aromatic N) is 2. The molecule has 1 amide bonds. The number of fused-ring (bicyclic) bond motifs is 1. The van der Waals surface area contributed by atoms with Crippen LogP contribution in [0.5, 0.6) is 5.75 Å². The highest BCUT2D eigenvalue weighted by atomic mass is 32.1. The summed E-state index contributed by atoms with van der Waals surface area (Å²) in [4.78, 5) is 37.0. The molecule has 3 aromatic rings. The molecule has 10 heteroatoms. The molecule has 0 aliphatic heterocycles. The zero-order chi connectivity index (χ0) is 27.1. The SMILES string of the molecule is CCOC(=O)c1c(NC(=O)C(C#N)=Cc2ccc(OCc3ccc([N+](=O)[O-])cc3)cc2)sc2c1CCCC2. The summed E-state index contributed by atoms with van der Waals surface area (Å²) in [6.07, 6.45) is 5.07. The topological polar surface area (TPSA) is 132 Å². The zero-order valence-electron chi connectivity index (χ0n) is 20.7. The third kappa shape index (κ3) is 6.25. The second-order valence-corrected chi connectivity index (χ2v) is 9.65. The number of rotatable bonds is 9. The lowest BCUT2D eigenvalue weighted by Crippen LogP contribution is -2.16. The number of aryl methyl sites for hydroxylation is 1. The van der Waals surface area contributed by atoms with E-state index in [0.29, 0.717) is 21.9 Å². The first-order chi connectivity index (χ1) is 18.4. The van der Waals surface area contributed by atoms with Gasteiger partial charge in [0, 0.05) is 17.0 Å². The van der Waals surface area contributed by atoms with Crippen LogP contribution in [0.2, 0.25) is 0 Å². The molecule has 38 heavy (non-hydrogen) atoms. The molecule has 4 rings (SSSR count). The molecular weight excluding hydrogens is 506 g/mol. The van der Waals surface area contributed by atoms with Gasteiger partial charge in [-0.3, -0.25) is 14.9 Å². The normalized spacial score (nSPS) is 12.7. The fraction of sp³-hybridized carbons (Fsp3) is 0.250. The number of ether oxygens (including phenoxy) is 2. The molecule has 0 saturated carbocycles. The molecule has 1 heterocycles. The average molecular weight is 532 g/mol. The third-order valence-corrected chi connectivity index (χ3v) is 7.19. The van der Waals surface area contributed by atoms with Gasteiger partial charge in [0.2, 0.25) is 0 Å². The summed E-state index contributed by atoms with van der Waals surface area (Å²) >= 11 is 1.37. The fourth-order valence-electron chi connectivity index (χ4n) is 4.10. The number of non-ortho nitro benzene ring substituents is 1. The summed E-state index contributed by atoms with van der Waals surface area (Å²) in [7, 11) is 0. The van der Waals surface area contributed by atoms with Crippen LogP contribution in [0.15, 0.2) is 54.1 Å². The van der Waals surface area contributed by atoms with Crippen molar-refractivity contribution in [2.45, 2.75) is 39.2 Å². The predicted molar refractivity (Wildman–Crippen MR) is 143 cm³/mol. The third-order valence-electron chi connectivity index (χ3n) is 5.99. The molecule has 1 N–H and O–H groups in total. The van der Waals surface area contributed by atoms with E-state index in [4.69, 9.17) is 9.47 Å². The first kappa shape index (κ1) is 26.6. The molecule has 1 aliphatic carbocycles. The van der Waals surface area contributed by atoms with Crippen molar-refractivity contribution in [2.75, 3.05) is 11.9 Å². The molecule has 0 saturated heterocycles. The Kier molecular flexibility index (Phi) is 8.51. The van der Waals surface area contributed by atoms with Crippen molar-refractivity contribution in [1.82, 2.24) is 0 Å². The quantitative estimate of drug-likeness (QED) is 0.121. The number of thiophene rings is 1. The van der Waals surface area contributed by atoms with Gasteiger partial charge >= 0.3 is 5.97 Å². The van der Waals surface area contributed by atoms with Gasteiger partial charge in [-0.15, -0.1) is 11.3 Å². The maximum absolute atomic E-state index is 13.0. The Morgan fingerprint density at radius 3 is 2.50 bits per heavy atom. The van der Waals surface area contributed by atoms with Crippen molar-refractivity contribution < 1.29 is 24.0 Å². The molecule has 0 bridgehead atoms. The molecule has 194 valence electrons. The summed E-state index contributed by atoms with van der Waals surface area (Å²) < 4.78 is 11.0. The van der Waals surface area contributed by atoms with E-state index in [1.807, 2.05) is 6.07 Å². The number of nitro groups is 1. The number of hydrogen-bond donors (Lipinski definition) is 1. The van der Waals surface area contributed by atoms with Gasteiger partial charge in [-0.25, -0.2) is 4.79 Å². The predicted octanol–water partition coefficient (Wildman–Crippen LogP) is 5.84. The minimum Gasteiger partial charge on any atom is -0.489 e. The minimum absolute atomic E-state index is 0.0121. The van der Waals surface area contributed by atoms with E-state index >= 15 is 0 Å². The number of nitrogens with one attached hydrogen (secondary N) is 1. The summed E-state index contributed by atoms with van der Waals surface area (Å²) in [5, 5.41) is 23.6. The molecule has 0 fully saturated rings. The van der Waals surface area contributed by atoms with Crippen LogP contribution in [0.4, 0.5) is 10.7 Å². The van der Waals surface area contributed by atoms with Crippen molar-refractivity contribution in [3.8, 4) is 11.8 Å². The van der Waals surface area contributed by atoms with Gasteiger partial charge in [0.25, 0.3) is 11.6 Å². The lowest BCUT2D eigenvalue weighted by molar-refractivity contribution is -0.384. The molecular formula is C28H25N3O6S.